The molecule has 0 amide bonds. The van der Waals surface area contributed by atoms with Gasteiger partial charge in [-0.1, -0.05) is 0 Å². The van der Waals surface area contributed by atoms with Crippen LogP contribution in [0.1, 0.15) is 26.3 Å². The van der Waals surface area contributed by atoms with Crippen molar-refractivity contribution in [2.45, 2.75) is 0 Å². The molecule has 0 N–H and O–H groups in total. The molecule has 0 saturated heterocycles. The lowest BCUT2D eigenvalue weighted by Gasteiger charge is -2.12. The summed E-state index contributed by atoms with van der Waals surface area (Å²) in [5.74, 6) is -0.909. The van der Waals surface area contributed by atoms with Crippen molar-refractivity contribution in [1.82, 2.24) is 0 Å². The quantitative estimate of drug-likeness (QED) is 0.355. The molecule has 0 aliphatic rings. The van der Waals surface area contributed by atoms with E-state index in [0.29, 0.717) is 22.8 Å². The van der Waals surface area contributed by atoms with Crippen molar-refractivity contribution in [3.63, 3.8) is 0 Å². The summed E-state index contributed by atoms with van der Waals surface area (Å²) in [6.45, 7) is 0. The molecule has 0 radical (unpaired) electrons. The normalized spacial score (nSPS) is 10.4. The summed E-state index contributed by atoms with van der Waals surface area (Å²) in [5, 5.41) is 0. The van der Waals surface area contributed by atoms with E-state index in [1.807, 2.05) is 0 Å². The number of esters is 3. The Hall–Kier alpha value is -4.01. The number of carbonyl (C=O) groups excluding carboxylic acids is 3. The Morgan fingerprint density at radius 1 is 0.710 bits per heavy atom. The van der Waals surface area contributed by atoms with Crippen LogP contribution in [0.25, 0.3) is 6.08 Å². The molecular weight excluding hydrogens is 408 g/mol. The van der Waals surface area contributed by atoms with Gasteiger partial charge in [-0.05, 0) is 42.0 Å². The van der Waals surface area contributed by atoms with Gasteiger partial charge in [0.25, 0.3) is 0 Å². The largest absolute Gasteiger partial charge is 0.493 e. The van der Waals surface area contributed by atoms with Gasteiger partial charge in [0.1, 0.15) is 5.75 Å². The molecule has 0 aromatic heterocycles. The number of methoxy groups -OCH3 is 5. The third-order valence-corrected chi connectivity index (χ3v) is 4.07. The van der Waals surface area contributed by atoms with E-state index in [4.69, 9.17) is 18.9 Å². The van der Waals surface area contributed by atoms with E-state index < -0.39 is 17.9 Å². The third-order valence-electron chi connectivity index (χ3n) is 4.07. The van der Waals surface area contributed by atoms with Crippen LogP contribution in [-0.2, 0) is 14.3 Å². The van der Waals surface area contributed by atoms with E-state index in [1.165, 1.54) is 65.9 Å². The first-order valence-corrected chi connectivity index (χ1v) is 8.88. The average Bonchev–Trinajstić information content (AvgIpc) is 2.80. The zero-order chi connectivity index (χ0) is 23.0. The van der Waals surface area contributed by atoms with Gasteiger partial charge < -0.3 is 28.4 Å². The second kappa shape index (κ2) is 10.7. The zero-order valence-electron chi connectivity index (χ0n) is 17.7. The monoisotopic (exact) mass is 430 g/mol. The molecule has 0 spiro atoms. The summed E-state index contributed by atoms with van der Waals surface area (Å²) in [5.41, 5.74) is 0.647. The van der Waals surface area contributed by atoms with Crippen molar-refractivity contribution >= 4 is 24.0 Å². The topological polar surface area (TPSA) is 107 Å². The van der Waals surface area contributed by atoms with Crippen molar-refractivity contribution in [3.05, 3.63) is 53.1 Å². The SMILES string of the molecule is COC(=O)c1cc(OC(=O)C=Cc2cc(OC)c(OC)c(OC)c2)cc(C(=O)OC)c1. The van der Waals surface area contributed by atoms with E-state index in [2.05, 4.69) is 9.47 Å². The van der Waals surface area contributed by atoms with Gasteiger partial charge in [0, 0.05) is 6.08 Å². The van der Waals surface area contributed by atoms with Crippen molar-refractivity contribution in [1.29, 1.82) is 0 Å². The van der Waals surface area contributed by atoms with Crippen molar-refractivity contribution < 1.29 is 42.8 Å². The van der Waals surface area contributed by atoms with E-state index in [9.17, 15) is 14.4 Å². The Bertz CT molecular complexity index is 949. The molecular formula is C22H22O9. The molecule has 0 saturated carbocycles. The van der Waals surface area contributed by atoms with Gasteiger partial charge in [-0.3, -0.25) is 0 Å². The van der Waals surface area contributed by atoms with Crippen molar-refractivity contribution in [2.75, 3.05) is 35.5 Å². The second-order valence-corrected chi connectivity index (χ2v) is 5.94. The maximum absolute atomic E-state index is 12.3. The van der Waals surface area contributed by atoms with Crippen LogP contribution in [0, 0.1) is 0 Å². The summed E-state index contributed by atoms with van der Waals surface area (Å²) in [7, 11) is 6.83. The minimum atomic E-state index is -0.744. The highest BCUT2D eigenvalue weighted by atomic mass is 16.5. The van der Waals surface area contributed by atoms with Gasteiger partial charge in [-0.15, -0.1) is 0 Å². The minimum absolute atomic E-state index is 0.0251. The van der Waals surface area contributed by atoms with Crippen LogP contribution < -0.4 is 18.9 Å². The Balaban J connectivity index is 2.28. The van der Waals surface area contributed by atoms with Gasteiger partial charge in [0.15, 0.2) is 11.5 Å². The van der Waals surface area contributed by atoms with Crippen LogP contribution in [0.3, 0.4) is 0 Å². The number of carbonyl (C=O) groups is 3. The van der Waals surface area contributed by atoms with Crippen molar-refractivity contribution in [2.24, 2.45) is 0 Å². The van der Waals surface area contributed by atoms with Crippen LogP contribution in [0.2, 0.25) is 0 Å². The first-order chi connectivity index (χ1) is 14.9. The summed E-state index contributed by atoms with van der Waals surface area (Å²) in [6.07, 6.45) is 2.65. The first kappa shape index (κ1) is 23.3. The predicted octanol–water partition coefficient (Wildman–Crippen LogP) is 2.90. The molecule has 2 aromatic carbocycles. The highest BCUT2D eigenvalue weighted by Crippen LogP contribution is 2.38. The van der Waals surface area contributed by atoms with Gasteiger partial charge in [-0.25, -0.2) is 14.4 Å². The predicted molar refractivity (Wildman–Crippen MR) is 110 cm³/mol. The fourth-order valence-electron chi connectivity index (χ4n) is 2.64. The highest BCUT2D eigenvalue weighted by molar-refractivity contribution is 5.96. The number of hydrogen-bond donors (Lipinski definition) is 0. The summed E-state index contributed by atoms with van der Waals surface area (Å²) >= 11 is 0. The second-order valence-electron chi connectivity index (χ2n) is 5.94. The van der Waals surface area contributed by atoms with Crippen molar-refractivity contribution in [3.8, 4) is 23.0 Å². The van der Waals surface area contributed by atoms with E-state index in [1.54, 1.807) is 12.1 Å². The maximum Gasteiger partial charge on any atom is 0.338 e. The molecule has 2 rings (SSSR count). The lowest BCUT2D eigenvalue weighted by atomic mass is 10.1. The molecule has 31 heavy (non-hydrogen) atoms. The standard InChI is InChI=1S/C22H22O9/c1-26-17-8-13(9-18(27-2)20(17)28-3)6-7-19(23)31-16-11-14(21(24)29-4)10-15(12-16)22(25)30-5/h6-12H,1-5H3. The van der Waals surface area contributed by atoms with Crippen LogP contribution in [0.5, 0.6) is 23.0 Å². The van der Waals surface area contributed by atoms with Gasteiger partial charge >= 0.3 is 17.9 Å². The molecule has 0 bridgehead atoms. The molecule has 0 fully saturated rings. The summed E-state index contributed by atoms with van der Waals surface area (Å²) in [6, 6.07) is 7.14. The number of rotatable bonds is 8. The number of hydrogen-bond acceptors (Lipinski definition) is 9. The van der Waals surface area contributed by atoms with E-state index in [0.717, 1.165) is 0 Å². The minimum Gasteiger partial charge on any atom is -0.493 e. The Morgan fingerprint density at radius 2 is 1.23 bits per heavy atom. The fraction of sp³-hybridized carbons (Fsp3) is 0.227. The molecule has 0 unspecified atom stereocenters. The molecule has 9 nitrogen and oxygen atoms in total. The zero-order valence-corrected chi connectivity index (χ0v) is 17.7. The van der Waals surface area contributed by atoms with Crippen LogP contribution in [0.15, 0.2) is 36.4 Å². The van der Waals surface area contributed by atoms with Crippen LogP contribution in [0.4, 0.5) is 0 Å². The smallest absolute Gasteiger partial charge is 0.338 e. The molecule has 0 heterocycles. The number of ether oxygens (including phenoxy) is 6. The van der Waals surface area contributed by atoms with Gasteiger partial charge in [0.05, 0.1) is 46.7 Å². The Labute approximate surface area is 179 Å². The molecule has 9 heteroatoms. The maximum atomic E-state index is 12.3. The molecule has 0 aliphatic heterocycles. The molecule has 164 valence electrons. The van der Waals surface area contributed by atoms with Crippen LogP contribution in [-0.4, -0.2) is 53.5 Å². The molecule has 0 atom stereocenters. The van der Waals surface area contributed by atoms with E-state index >= 15 is 0 Å². The Morgan fingerprint density at radius 3 is 1.65 bits per heavy atom. The third kappa shape index (κ3) is 5.75. The lowest BCUT2D eigenvalue weighted by Crippen LogP contribution is -2.09. The summed E-state index contributed by atoms with van der Waals surface area (Å²) < 4.78 is 30.3. The number of benzene rings is 2. The molecule has 2 aromatic rings. The average molecular weight is 430 g/mol. The van der Waals surface area contributed by atoms with Gasteiger partial charge in [-0.2, -0.15) is 0 Å². The van der Waals surface area contributed by atoms with Gasteiger partial charge in [0.2, 0.25) is 5.75 Å². The van der Waals surface area contributed by atoms with Crippen LogP contribution >= 0.6 is 0 Å². The Kier molecular flexibility index (Phi) is 8.01. The fourth-order valence-corrected chi connectivity index (χ4v) is 2.64. The lowest BCUT2D eigenvalue weighted by molar-refractivity contribution is -0.128. The molecule has 0 aliphatic carbocycles. The summed E-state index contributed by atoms with van der Waals surface area (Å²) in [4.78, 5) is 36.0. The first-order valence-electron chi connectivity index (χ1n) is 8.88. The van der Waals surface area contributed by atoms with E-state index in [-0.39, 0.29) is 16.9 Å². The highest BCUT2D eigenvalue weighted by Gasteiger charge is 2.16.